The predicted molar refractivity (Wildman–Crippen MR) is 75.0 cm³/mol. The number of carbonyl (C=O) groups is 1. The van der Waals surface area contributed by atoms with E-state index in [9.17, 15) is 4.79 Å². The minimum absolute atomic E-state index is 0.00787. The molecule has 1 aliphatic carbocycles. The molecule has 0 N–H and O–H groups in total. The molecule has 0 bridgehead atoms. The van der Waals surface area contributed by atoms with Gasteiger partial charge in [0.15, 0.2) is 0 Å². The zero-order chi connectivity index (χ0) is 14.2. The molecule has 2 atom stereocenters. The van der Waals surface area contributed by atoms with Crippen LogP contribution in [0.2, 0.25) is 0 Å². The molecule has 5 nitrogen and oxygen atoms in total. The molecule has 2 unspecified atom stereocenters. The fourth-order valence-corrected chi connectivity index (χ4v) is 4.06. The van der Waals surface area contributed by atoms with Crippen LogP contribution in [-0.2, 0) is 22.6 Å². The quantitative estimate of drug-likeness (QED) is 0.786. The van der Waals surface area contributed by atoms with Gasteiger partial charge in [-0.3, -0.25) is 14.4 Å². The Kier molecular flexibility index (Phi) is 3.54. The summed E-state index contributed by atoms with van der Waals surface area (Å²) in [4.78, 5) is 14.6. The number of hydrogen-bond donors (Lipinski definition) is 0. The first-order chi connectivity index (χ1) is 9.69. The van der Waals surface area contributed by atoms with E-state index in [1.807, 2.05) is 10.9 Å². The lowest BCUT2D eigenvalue weighted by atomic mass is 9.81. The molecule has 0 amide bonds. The number of rotatable bonds is 4. The van der Waals surface area contributed by atoms with Gasteiger partial charge >= 0.3 is 5.97 Å². The van der Waals surface area contributed by atoms with E-state index >= 15 is 0 Å². The summed E-state index contributed by atoms with van der Waals surface area (Å²) in [6, 6.07) is 2.07. The Hall–Kier alpha value is -1.36. The first-order valence-electron chi connectivity index (χ1n) is 7.51. The van der Waals surface area contributed by atoms with E-state index in [1.54, 1.807) is 0 Å². The lowest BCUT2D eigenvalue weighted by molar-refractivity contribution is -0.153. The summed E-state index contributed by atoms with van der Waals surface area (Å²) < 4.78 is 7.11. The second-order valence-corrected chi connectivity index (χ2v) is 6.04. The summed E-state index contributed by atoms with van der Waals surface area (Å²) >= 11 is 0. The first-order valence-corrected chi connectivity index (χ1v) is 7.51. The highest BCUT2D eigenvalue weighted by molar-refractivity contribution is 5.78. The summed E-state index contributed by atoms with van der Waals surface area (Å²) in [6.45, 7) is 5.71. The second kappa shape index (κ2) is 5.20. The maximum absolute atomic E-state index is 12.2. The molecule has 0 spiro atoms. The Bertz CT molecular complexity index is 499. The fourth-order valence-electron chi connectivity index (χ4n) is 4.06. The topological polar surface area (TPSA) is 47.4 Å². The molecule has 0 aromatic carbocycles. The molecular weight excluding hydrogens is 254 g/mol. The van der Waals surface area contributed by atoms with Crippen molar-refractivity contribution in [3.8, 4) is 0 Å². The minimum Gasteiger partial charge on any atom is -0.469 e. The molecule has 1 aromatic rings. The van der Waals surface area contributed by atoms with E-state index in [0.29, 0.717) is 5.92 Å². The lowest BCUT2D eigenvalue weighted by Crippen LogP contribution is -2.36. The van der Waals surface area contributed by atoms with Crippen molar-refractivity contribution in [2.24, 2.45) is 11.3 Å². The van der Waals surface area contributed by atoms with Crippen molar-refractivity contribution in [1.82, 2.24) is 14.7 Å². The van der Waals surface area contributed by atoms with Crippen molar-refractivity contribution in [2.45, 2.75) is 39.3 Å². The number of likely N-dealkylation sites (tertiary alicyclic amines) is 1. The van der Waals surface area contributed by atoms with Crippen molar-refractivity contribution < 1.29 is 9.53 Å². The third-order valence-electron chi connectivity index (χ3n) is 5.02. The SMILES string of the molecule is CCn1nccc1CN1CC2CCCC2(C(=O)OC)C1. The highest BCUT2D eigenvalue weighted by Crippen LogP contribution is 2.49. The number of carbonyl (C=O) groups excluding carboxylic acids is 1. The van der Waals surface area contributed by atoms with Crippen molar-refractivity contribution in [1.29, 1.82) is 0 Å². The van der Waals surface area contributed by atoms with Crippen LogP contribution in [0, 0.1) is 11.3 Å². The van der Waals surface area contributed by atoms with Gasteiger partial charge in [0.1, 0.15) is 0 Å². The zero-order valence-electron chi connectivity index (χ0n) is 12.3. The van der Waals surface area contributed by atoms with Gasteiger partial charge in [0.05, 0.1) is 18.2 Å². The van der Waals surface area contributed by atoms with E-state index in [0.717, 1.165) is 45.4 Å². The van der Waals surface area contributed by atoms with Crippen LogP contribution >= 0.6 is 0 Å². The second-order valence-electron chi connectivity index (χ2n) is 6.04. The number of methoxy groups -OCH3 is 1. The first kappa shape index (κ1) is 13.6. The maximum atomic E-state index is 12.2. The van der Waals surface area contributed by atoms with Crippen LogP contribution in [0.25, 0.3) is 0 Å². The van der Waals surface area contributed by atoms with E-state index in [-0.39, 0.29) is 11.4 Å². The van der Waals surface area contributed by atoms with Gasteiger partial charge in [-0.25, -0.2) is 0 Å². The predicted octanol–water partition coefficient (Wildman–Crippen LogP) is 1.68. The average molecular weight is 277 g/mol. The zero-order valence-corrected chi connectivity index (χ0v) is 12.3. The number of aromatic nitrogens is 2. The Morgan fingerprint density at radius 3 is 3.20 bits per heavy atom. The molecule has 2 aliphatic rings. The van der Waals surface area contributed by atoms with Gasteiger partial charge in [-0.05, 0) is 31.7 Å². The summed E-state index contributed by atoms with van der Waals surface area (Å²) in [5, 5.41) is 4.32. The third kappa shape index (κ3) is 2.04. The van der Waals surface area contributed by atoms with E-state index in [1.165, 1.54) is 12.8 Å². The number of aryl methyl sites for hydroxylation is 1. The molecule has 1 aromatic heterocycles. The minimum atomic E-state index is -0.244. The highest BCUT2D eigenvalue weighted by Gasteiger charge is 2.55. The Morgan fingerprint density at radius 1 is 1.60 bits per heavy atom. The van der Waals surface area contributed by atoms with Crippen molar-refractivity contribution in [2.75, 3.05) is 20.2 Å². The van der Waals surface area contributed by atoms with Crippen LogP contribution in [0.1, 0.15) is 31.9 Å². The maximum Gasteiger partial charge on any atom is 0.313 e. The van der Waals surface area contributed by atoms with Crippen LogP contribution in [0.15, 0.2) is 12.3 Å². The monoisotopic (exact) mass is 277 g/mol. The molecule has 2 fully saturated rings. The largest absolute Gasteiger partial charge is 0.469 e. The van der Waals surface area contributed by atoms with Gasteiger partial charge in [0.2, 0.25) is 0 Å². The molecule has 0 radical (unpaired) electrons. The van der Waals surface area contributed by atoms with Gasteiger partial charge in [-0.15, -0.1) is 0 Å². The van der Waals surface area contributed by atoms with E-state index < -0.39 is 0 Å². The number of ether oxygens (including phenoxy) is 1. The normalized spacial score (nSPS) is 29.6. The van der Waals surface area contributed by atoms with E-state index in [4.69, 9.17) is 4.74 Å². The number of fused-ring (bicyclic) bond motifs is 1. The molecule has 20 heavy (non-hydrogen) atoms. The third-order valence-corrected chi connectivity index (χ3v) is 5.02. The van der Waals surface area contributed by atoms with Gasteiger partial charge < -0.3 is 4.74 Å². The highest BCUT2D eigenvalue weighted by atomic mass is 16.5. The van der Waals surface area contributed by atoms with Crippen LogP contribution < -0.4 is 0 Å². The standard InChI is InChI=1S/C15H23N3O2/c1-3-18-13(6-8-16-18)10-17-9-12-5-4-7-15(12,11-17)14(19)20-2/h6,8,12H,3-5,7,9-11H2,1-2H3. The Balaban J connectivity index is 1.74. The molecule has 1 saturated carbocycles. The summed E-state index contributed by atoms with van der Waals surface area (Å²) in [7, 11) is 1.52. The van der Waals surface area contributed by atoms with Gasteiger partial charge in [0.25, 0.3) is 0 Å². The van der Waals surface area contributed by atoms with Crippen LogP contribution in [0.4, 0.5) is 0 Å². The summed E-state index contributed by atoms with van der Waals surface area (Å²) in [5.41, 5.74) is 0.985. The van der Waals surface area contributed by atoms with Gasteiger partial charge in [0, 0.05) is 32.4 Å². The van der Waals surface area contributed by atoms with Crippen molar-refractivity contribution in [3.63, 3.8) is 0 Å². The molecule has 2 heterocycles. The Morgan fingerprint density at radius 2 is 2.45 bits per heavy atom. The van der Waals surface area contributed by atoms with Crippen LogP contribution in [-0.4, -0.2) is 40.8 Å². The molecule has 1 saturated heterocycles. The number of nitrogens with zero attached hydrogens (tertiary/aromatic N) is 3. The molecule has 3 rings (SSSR count). The van der Waals surface area contributed by atoms with Crippen molar-refractivity contribution in [3.05, 3.63) is 18.0 Å². The summed E-state index contributed by atoms with van der Waals surface area (Å²) in [5.74, 6) is 0.458. The average Bonchev–Trinajstić information content (AvgIpc) is 3.11. The van der Waals surface area contributed by atoms with Gasteiger partial charge in [-0.1, -0.05) is 6.42 Å². The molecular formula is C15H23N3O2. The van der Waals surface area contributed by atoms with Gasteiger partial charge in [-0.2, -0.15) is 5.10 Å². The smallest absolute Gasteiger partial charge is 0.313 e. The Labute approximate surface area is 119 Å². The summed E-state index contributed by atoms with van der Waals surface area (Å²) in [6.07, 6.45) is 5.14. The van der Waals surface area contributed by atoms with Crippen LogP contribution in [0.5, 0.6) is 0 Å². The molecule has 110 valence electrons. The lowest BCUT2D eigenvalue weighted by Gasteiger charge is -2.25. The number of esters is 1. The fraction of sp³-hybridized carbons (Fsp3) is 0.733. The molecule has 5 heteroatoms. The molecule has 1 aliphatic heterocycles. The van der Waals surface area contributed by atoms with Crippen molar-refractivity contribution >= 4 is 5.97 Å². The van der Waals surface area contributed by atoms with E-state index in [2.05, 4.69) is 23.0 Å². The number of hydrogen-bond acceptors (Lipinski definition) is 4. The van der Waals surface area contributed by atoms with Crippen LogP contribution in [0.3, 0.4) is 0 Å².